The first-order valence-electron chi connectivity index (χ1n) is 6.04. The Kier molecular flexibility index (Phi) is 5.91. The molecule has 1 N–H and O–H groups in total. The van der Waals surface area contributed by atoms with Gasteiger partial charge in [0.2, 0.25) is 0 Å². The van der Waals surface area contributed by atoms with Gasteiger partial charge in [-0.3, -0.25) is 4.68 Å². The van der Waals surface area contributed by atoms with Gasteiger partial charge in [0.15, 0.2) is 0 Å². The second kappa shape index (κ2) is 6.97. The lowest BCUT2D eigenvalue weighted by Crippen LogP contribution is -2.23. The van der Waals surface area contributed by atoms with Gasteiger partial charge in [-0.25, -0.2) is 0 Å². The third-order valence-corrected chi connectivity index (χ3v) is 3.62. The normalized spacial score (nSPS) is 13.3. The summed E-state index contributed by atoms with van der Waals surface area (Å²) in [6.07, 6.45) is 4.13. The molecular weight excluding hydrogens is 218 g/mol. The standard InChI is InChI=1S/C12H23N3S/c1-5-13-12(9-16-10(3)4)11-7-14-15(6-2)8-11/h7-8,10,12-13H,5-6,9H2,1-4H3. The third-order valence-electron chi connectivity index (χ3n) is 2.43. The van der Waals surface area contributed by atoms with Gasteiger partial charge in [0, 0.05) is 30.1 Å². The topological polar surface area (TPSA) is 29.9 Å². The lowest BCUT2D eigenvalue weighted by atomic mass is 10.2. The van der Waals surface area contributed by atoms with Gasteiger partial charge in [-0.1, -0.05) is 20.8 Å². The maximum Gasteiger partial charge on any atom is 0.0537 e. The molecule has 0 fully saturated rings. The molecular formula is C12H23N3S. The van der Waals surface area contributed by atoms with E-state index in [4.69, 9.17) is 0 Å². The SMILES string of the molecule is CCNC(CSC(C)C)c1cnn(CC)c1. The van der Waals surface area contributed by atoms with Crippen molar-refractivity contribution in [3.05, 3.63) is 18.0 Å². The van der Waals surface area contributed by atoms with Gasteiger partial charge in [0.05, 0.1) is 6.20 Å². The summed E-state index contributed by atoms with van der Waals surface area (Å²) in [6.45, 7) is 10.7. The molecule has 0 aromatic carbocycles. The van der Waals surface area contributed by atoms with Crippen LogP contribution >= 0.6 is 11.8 Å². The highest BCUT2D eigenvalue weighted by Crippen LogP contribution is 2.20. The molecule has 1 aromatic rings. The first kappa shape index (κ1) is 13.6. The van der Waals surface area contributed by atoms with Crippen LogP contribution in [0.3, 0.4) is 0 Å². The smallest absolute Gasteiger partial charge is 0.0537 e. The number of hydrogen-bond acceptors (Lipinski definition) is 3. The molecule has 0 spiro atoms. The fraction of sp³-hybridized carbons (Fsp3) is 0.750. The Morgan fingerprint density at radius 1 is 1.44 bits per heavy atom. The molecule has 92 valence electrons. The minimum atomic E-state index is 0.428. The van der Waals surface area contributed by atoms with Crippen LogP contribution in [0.25, 0.3) is 0 Å². The van der Waals surface area contributed by atoms with Crippen LogP contribution in [0.2, 0.25) is 0 Å². The fourth-order valence-corrected chi connectivity index (χ4v) is 2.43. The minimum absolute atomic E-state index is 0.428. The molecule has 0 radical (unpaired) electrons. The van der Waals surface area contributed by atoms with Crippen molar-refractivity contribution in [3.63, 3.8) is 0 Å². The van der Waals surface area contributed by atoms with Crippen molar-refractivity contribution in [3.8, 4) is 0 Å². The van der Waals surface area contributed by atoms with E-state index >= 15 is 0 Å². The molecule has 0 saturated heterocycles. The van der Waals surface area contributed by atoms with E-state index in [0.717, 1.165) is 18.8 Å². The van der Waals surface area contributed by atoms with Crippen molar-refractivity contribution in [1.82, 2.24) is 15.1 Å². The van der Waals surface area contributed by atoms with E-state index in [1.165, 1.54) is 5.56 Å². The zero-order chi connectivity index (χ0) is 12.0. The van der Waals surface area contributed by atoms with Crippen LogP contribution < -0.4 is 5.32 Å². The van der Waals surface area contributed by atoms with Crippen molar-refractivity contribution < 1.29 is 0 Å². The second-order valence-corrected chi connectivity index (χ2v) is 5.73. The summed E-state index contributed by atoms with van der Waals surface area (Å²) in [5.74, 6) is 1.11. The summed E-state index contributed by atoms with van der Waals surface area (Å²) < 4.78 is 1.99. The van der Waals surface area contributed by atoms with Crippen molar-refractivity contribution >= 4 is 11.8 Å². The highest BCUT2D eigenvalue weighted by Gasteiger charge is 2.13. The van der Waals surface area contributed by atoms with E-state index < -0.39 is 0 Å². The van der Waals surface area contributed by atoms with Crippen molar-refractivity contribution in [2.75, 3.05) is 12.3 Å². The van der Waals surface area contributed by atoms with Crippen LogP contribution in [0, 0.1) is 0 Å². The Hall–Kier alpha value is -0.480. The van der Waals surface area contributed by atoms with Crippen LogP contribution in [0.4, 0.5) is 0 Å². The number of thioether (sulfide) groups is 1. The Labute approximate surface area is 103 Å². The van der Waals surface area contributed by atoms with Gasteiger partial charge in [-0.05, 0) is 18.7 Å². The van der Waals surface area contributed by atoms with Crippen LogP contribution in [-0.2, 0) is 6.54 Å². The molecule has 0 saturated carbocycles. The molecule has 1 atom stereocenters. The quantitative estimate of drug-likeness (QED) is 0.796. The molecule has 0 amide bonds. The van der Waals surface area contributed by atoms with Crippen molar-refractivity contribution in [2.45, 2.75) is 45.5 Å². The van der Waals surface area contributed by atoms with Gasteiger partial charge in [0.25, 0.3) is 0 Å². The van der Waals surface area contributed by atoms with E-state index in [-0.39, 0.29) is 0 Å². The highest BCUT2D eigenvalue weighted by molar-refractivity contribution is 7.99. The summed E-state index contributed by atoms with van der Waals surface area (Å²) in [7, 11) is 0. The zero-order valence-corrected chi connectivity index (χ0v) is 11.5. The summed E-state index contributed by atoms with van der Waals surface area (Å²) in [4.78, 5) is 0. The Morgan fingerprint density at radius 2 is 2.19 bits per heavy atom. The first-order chi connectivity index (χ1) is 7.67. The van der Waals surface area contributed by atoms with E-state index in [1.54, 1.807) is 0 Å². The van der Waals surface area contributed by atoms with E-state index in [9.17, 15) is 0 Å². The van der Waals surface area contributed by atoms with Crippen LogP contribution in [0.1, 0.15) is 39.3 Å². The monoisotopic (exact) mass is 241 g/mol. The molecule has 1 rings (SSSR count). The zero-order valence-electron chi connectivity index (χ0n) is 10.7. The molecule has 0 aliphatic carbocycles. The summed E-state index contributed by atoms with van der Waals surface area (Å²) in [5.41, 5.74) is 1.30. The molecule has 0 aliphatic heterocycles. The van der Waals surface area contributed by atoms with Gasteiger partial charge in [-0.2, -0.15) is 16.9 Å². The number of aryl methyl sites for hydroxylation is 1. The van der Waals surface area contributed by atoms with Gasteiger partial charge >= 0.3 is 0 Å². The number of nitrogens with zero attached hydrogens (tertiary/aromatic N) is 2. The number of aromatic nitrogens is 2. The fourth-order valence-electron chi connectivity index (χ4n) is 1.54. The molecule has 0 aliphatic rings. The molecule has 1 aromatic heterocycles. The maximum atomic E-state index is 4.33. The summed E-state index contributed by atoms with van der Waals surface area (Å²) in [6, 6.07) is 0.428. The largest absolute Gasteiger partial charge is 0.309 e. The van der Waals surface area contributed by atoms with Gasteiger partial charge in [0.1, 0.15) is 0 Å². The van der Waals surface area contributed by atoms with E-state index in [1.807, 2.05) is 22.6 Å². The Morgan fingerprint density at radius 3 is 2.69 bits per heavy atom. The lowest BCUT2D eigenvalue weighted by molar-refractivity contribution is 0.602. The third kappa shape index (κ3) is 4.18. The summed E-state index contributed by atoms with van der Waals surface area (Å²) >= 11 is 1.99. The van der Waals surface area contributed by atoms with Gasteiger partial charge in [-0.15, -0.1) is 0 Å². The number of hydrogen-bond donors (Lipinski definition) is 1. The summed E-state index contributed by atoms with van der Waals surface area (Å²) in [5, 5.41) is 8.53. The first-order valence-corrected chi connectivity index (χ1v) is 7.09. The van der Waals surface area contributed by atoms with Crippen molar-refractivity contribution in [2.24, 2.45) is 0 Å². The van der Waals surface area contributed by atoms with Gasteiger partial charge < -0.3 is 5.32 Å². The molecule has 1 unspecified atom stereocenters. The van der Waals surface area contributed by atoms with Crippen molar-refractivity contribution in [1.29, 1.82) is 0 Å². The average Bonchev–Trinajstić information content (AvgIpc) is 2.72. The average molecular weight is 241 g/mol. The predicted octanol–water partition coefficient (Wildman–Crippen LogP) is 2.70. The van der Waals surface area contributed by atoms with Crippen LogP contribution in [0.15, 0.2) is 12.4 Å². The minimum Gasteiger partial charge on any atom is -0.309 e. The Bertz CT molecular complexity index is 296. The second-order valence-electron chi connectivity index (χ2n) is 4.12. The Balaban J connectivity index is 2.60. The molecule has 4 heteroatoms. The van der Waals surface area contributed by atoms with E-state index in [2.05, 4.69) is 44.3 Å². The lowest BCUT2D eigenvalue weighted by Gasteiger charge is -2.17. The molecule has 0 bridgehead atoms. The number of rotatable bonds is 7. The molecule has 16 heavy (non-hydrogen) atoms. The molecule has 1 heterocycles. The predicted molar refractivity (Wildman–Crippen MR) is 71.9 cm³/mol. The van der Waals surface area contributed by atoms with Crippen LogP contribution in [0.5, 0.6) is 0 Å². The van der Waals surface area contributed by atoms with Crippen LogP contribution in [-0.4, -0.2) is 27.3 Å². The maximum absolute atomic E-state index is 4.33. The highest BCUT2D eigenvalue weighted by atomic mass is 32.2. The van der Waals surface area contributed by atoms with E-state index in [0.29, 0.717) is 11.3 Å². The molecule has 3 nitrogen and oxygen atoms in total. The number of nitrogens with one attached hydrogen (secondary N) is 1.